The number of ether oxygens (including phenoxy) is 2. The van der Waals surface area contributed by atoms with Crippen molar-refractivity contribution in [1.29, 1.82) is 0 Å². The number of rotatable bonds is 7. The average molecular weight is 423 g/mol. The Kier molecular flexibility index (Phi) is 5.92. The Morgan fingerprint density at radius 1 is 1.19 bits per heavy atom. The van der Waals surface area contributed by atoms with Crippen LogP contribution in [0.1, 0.15) is 50.4 Å². The lowest BCUT2D eigenvalue weighted by molar-refractivity contribution is -0.111. The normalized spacial score (nSPS) is 19.1. The van der Waals surface area contributed by atoms with Gasteiger partial charge in [0, 0.05) is 47.5 Å². The van der Waals surface area contributed by atoms with Crippen LogP contribution < -0.4 is 5.32 Å². The highest BCUT2D eigenvalue weighted by Crippen LogP contribution is 2.44. The van der Waals surface area contributed by atoms with Gasteiger partial charge in [0.2, 0.25) is 0 Å². The van der Waals surface area contributed by atoms with Crippen LogP contribution in [0.5, 0.6) is 0 Å². The van der Waals surface area contributed by atoms with Crippen LogP contribution in [-0.4, -0.2) is 29.7 Å². The molecule has 2 aliphatic rings. The van der Waals surface area contributed by atoms with E-state index in [9.17, 15) is 9.18 Å². The zero-order chi connectivity index (χ0) is 22.0. The summed E-state index contributed by atoms with van der Waals surface area (Å²) in [6, 6.07) is 8.30. The molecule has 4 rings (SSSR count). The van der Waals surface area contributed by atoms with Crippen LogP contribution in [0.25, 0.3) is 11.1 Å². The summed E-state index contributed by atoms with van der Waals surface area (Å²) in [6.45, 7) is 7.53. The molecule has 5 nitrogen and oxygen atoms in total. The SMILES string of the molecule is CCCOCCCc1ccc(C2=C/C(=C3\C(=O)Nc4ccc(F)cc43)OC2(C)C)cn1. The van der Waals surface area contributed by atoms with Crippen LogP contribution >= 0.6 is 0 Å². The summed E-state index contributed by atoms with van der Waals surface area (Å²) in [6.07, 6.45) is 6.53. The number of aryl methyl sites for hydroxylation is 1. The molecule has 0 aliphatic carbocycles. The van der Waals surface area contributed by atoms with Gasteiger partial charge in [-0.25, -0.2) is 4.39 Å². The zero-order valence-corrected chi connectivity index (χ0v) is 18.1. The number of halogens is 1. The van der Waals surface area contributed by atoms with Crippen LogP contribution in [0, 0.1) is 5.82 Å². The monoisotopic (exact) mass is 422 g/mol. The van der Waals surface area contributed by atoms with Crippen molar-refractivity contribution in [2.24, 2.45) is 0 Å². The minimum Gasteiger partial charge on any atom is -0.482 e. The topological polar surface area (TPSA) is 60.5 Å². The number of nitrogens with zero attached hydrogens (tertiary/aromatic N) is 1. The van der Waals surface area contributed by atoms with Crippen LogP contribution in [-0.2, 0) is 20.7 Å². The number of carbonyl (C=O) groups excluding carboxylic acids is 1. The molecule has 0 fully saturated rings. The number of amides is 1. The van der Waals surface area contributed by atoms with Crippen LogP contribution in [0.4, 0.5) is 10.1 Å². The second kappa shape index (κ2) is 8.63. The standard InChI is InChI=1S/C25H27FN2O3/c1-4-11-30-12-5-6-18-9-7-16(15-27-18)20-14-22(31-25(20,2)3)23-19-13-17(26)8-10-21(19)28-24(23)29/h7-10,13-15H,4-6,11-12H2,1-3H3,(H,28,29)/b23-22+. The Balaban J connectivity index is 1.58. The summed E-state index contributed by atoms with van der Waals surface area (Å²) >= 11 is 0. The number of benzene rings is 1. The van der Waals surface area contributed by atoms with Crippen molar-refractivity contribution in [3.8, 4) is 0 Å². The lowest BCUT2D eigenvalue weighted by Gasteiger charge is -2.23. The first-order valence-corrected chi connectivity index (χ1v) is 10.7. The summed E-state index contributed by atoms with van der Waals surface area (Å²) in [5.41, 5.74) is 3.70. The van der Waals surface area contributed by atoms with Gasteiger partial charge in [-0.3, -0.25) is 9.78 Å². The smallest absolute Gasteiger partial charge is 0.260 e. The number of aromatic nitrogens is 1. The molecule has 0 bridgehead atoms. The van der Waals surface area contributed by atoms with Crippen LogP contribution in [0.3, 0.4) is 0 Å². The predicted molar refractivity (Wildman–Crippen MR) is 119 cm³/mol. The number of allylic oxidation sites excluding steroid dienone is 1. The van der Waals surface area contributed by atoms with Crippen molar-refractivity contribution >= 4 is 22.7 Å². The van der Waals surface area contributed by atoms with Crippen molar-refractivity contribution in [2.75, 3.05) is 18.5 Å². The number of hydrogen-bond acceptors (Lipinski definition) is 4. The molecule has 0 saturated carbocycles. The van der Waals surface area contributed by atoms with Crippen LogP contribution in [0.2, 0.25) is 0 Å². The first kappa shape index (κ1) is 21.2. The number of nitrogens with one attached hydrogen (secondary N) is 1. The zero-order valence-electron chi connectivity index (χ0n) is 18.1. The highest BCUT2D eigenvalue weighted by molar-refractivity contribution is 6.32. The molecule has 0 unspecified atom stereocenters. The maximum atomic E-state index is 13.8. The van der Waals surface area contributed by atoms with Crippen molar-refractivity contribution in [2.45, 2.75) is 45.6 Å². The van der Waals surface area contributed by atoms with E-state index in [4.69, 9.17) is 9.47 Å². The first-order chi connectivity index (χ1) is 14.9. The number of carbonyl (C=O) groups is 1. The number of pyridine rings is 1. The Morgan fingerprint density at radius 2 is 2.03 bits per heavy atom. The van der Waals surface area contributed by atoms with Gasteiger partial charge in [0.15, 0.2) is 0 Å². The largest absolute Gasteiger partial charge is 0.482 e. The van der Waals surface area contributed by atoms with Gasteiger partial charge in [-0.05, 0) is 63.5 Å². The molecule has 0 saturated heterocycles. The molecule has 6 heteroatoms. The van der Waals surface area contributed by atoms with Gasteiger partial charge in [-0.15, -0.1) is 0 Å². The Labute approximate surface area is 182 Å². The molecule has 1 N–H and O–H groups in total. The second-order valence-corrected chi connectivity index (χ2v) is 8.31. The van der Waals surface area contributed by atoms with Gasteiger partial charge in [0.05, 0.1) is 5.57 Å². The minimum absolute atomic E-state index is 0.289. The maximum absolute atomic E-state index is 13.8. The third-order valence-electron chi connectivity index (χ3n) is 5.47. The van der Waals surface area contributed by atoms with Gasteiger partial charge in [-0.2, -0.15) is 0 Å². The molecule has 0 spiro atoms. The first-order valence-electron chi connectivity index (χ1n) is 10.7. The quantitative estimate of drug-likeness (QED) is 0.496. The molecule has 2 aliphatic heterocycles. The van der Waals surface area contributed by atoms with E-state index in [0.29, 0.717) is 22.6 Å². The van der Waals surface area contributed by atoms with E-state index in [0.717, 1.165) is 49.3 Å². The fraction of sp³-hybridized carbons (Fsp3) is 0.360. The highest BCUT2D eigenvalue weighted by atomic mass is 19.1. The van der Waals surface area contributed by atoms with Gasteiger partial charge in [-0.1, -0.05) is 13.0 Å². The van der Waals surface area contributed by atoms with Gasteiger partial charge >= 0.3 is 0 Å². The van der Waals surface area contributed by atoms with Gasteiger partial charge < -0.3 is 14.8 Å². The molecule has 162 valence electrons. The molecular formula is C25H27FN2O3. The van der Waals surface area contributed by atoms with Gasteiger partial charge in [0.25, 0.3) is 5.91 Å². The van der Waals surface area contributed by atoms with Gasteiger partial charge in [0.1, 0.15) is 17.2 Å². The Bertz CT molecular complexity index is 1050. The fourth-order valence-electron chi connectivity index (χ4n) is 3.94. The Hall–Kier alpha value is -2.99. The van der Waals surface area contributed by atoms with Crippen LogP contribution in [0.15, 0.2) is 48.4 Å². The van der Waals surface area contributed by atoms with E-state index in [1.807, 2.05) is 38.3 Å². The molecule has 3 heterocycles. The average Bonchev–Trinajstić information content (AvgIpc) is 3.22. The van der Waals surface area contributed by atoms with E-state index < -0.39 is 11.4 Å². The minimum atomic E-state index is -0.643. The predicted octanol–water partition coefficient (Wildman–Crippen LogP) is 5.14. The fourth-order valence-corrected chi connectivity index (χ4v) is 3.94. The molecule has 2 aromatic rings. The highest BCUT2D eigenvalue weighted by Gasteiger charge is 2.38. The van der Waals surface area contributed by atoms with Crippen molar-refractivity contribution in [1.82, 2.24) is 4.98 Å². The number of hydrogen-bond donors (Lipinski definition) is 1. The summed E-state index contributed by atoms with van der Waals surface area (Å²) < 4.78 is 25.5. The second-order valence-electron chi connectivity index (χ2n) is 8.31. The summed E-state index contributed by atoms with van der Waals surface area (Å²) in [5.74, 6) is -0.239. The van der Waals surface area contributed by atoms with E-state index in [-0.39, 0.29) is 5.91 Å². The van der Waals surface area contributed by atoms with Crippen molar-refractivity contribution in [3.63, 3.8) is 0 Å². The lowest BCUT2D eigenvalue weighted by Crippen LogP contribution is -2.21. The van der Waals surface area contributed by atoms with Crippen molar-refractivity contribution in [3.05, 3.63) is 71.0 Å². The molecule has 0 atom stereocenters. The summed E-state index contributed by atoms with van der Waals surface area (Å²) in [5, 5.41) is 2.78. The lowest BCUT2D eigenvalue weighted by atomic mass is 9.93. The third-order valence-corrected chi connectivity index (χ3v) is 5.47. The maximum Gasteiger partial charge on any atom is 0.260 e. The molecule has 1 amide bonds. The molecule has 0 radical (unpaired) electrons. The van der Waals surface area contributed by atoms with E-state index >= 15 is 0 Å². The van der Waals surface area contributed by atoms with Crippen molar-refractivity contribution < 1.29 is 18.7 Å². The molecule has 1 aromatic carbocycles. The van der Waals surface area contributed by atoms with E-state index in [1.165, 1.54) is 12.1 Å². The summed E-state index contributed by atoms with van der Waals surface area (Å²) in [4.78, 5) is 17.2. The molecular weight excluding hydrogens is 395 g/mol. The molecule has 1 aromatic heterocycles. The number of anilines is 1. The molecule has 31 heavy (non-hydrogen) atoms. The van der Waals surface area contributed by atoms with E-state index in [2.05, 4.69) is 17.2 Å². The number of fused-ring (bicyclic) bond motifs is 1. The Morgan fingerprint density at radius 3 is 2.77 bits per heavy atom. The van der Waals surface area contributed by atoms with E-state index in [1.54, 1.807) is 6.07 Å². The summed E-state index contributed by atoms with van der Waals surface area (Å²) in [7, 11) is 0. The third kappa shape index (κ3) is 4.39.